The maximum absolute atomic E-state index is 12.1. The molecule has 4 nitrogen and oxygen atoms in total. The molecule has 1 amide bonds. The second-order valence-corrected chi connectivity index (χ2v) is 6.47. The Morgan fingerprint density at radius 1 is 1.17 bits per heavy atom. The molecule has 3 rings (SSSR count). The SMILES string of the molecule is C=CC(=O)N1CCOCC1c1cc(Cl)cc(C2CCOCC2)c1. The van der Waals surface area contributed by atoms with Crippen LogP contribution in [0.5, 0.6) is 0 Å². The molecule has 2 fully saturated rings. The first-order valence-electron chi connectivity index (χ1n) is 8.08. The van der Waals surface area contributed by atoms with Gasteiger partial charge in [-0.1, -0.05) is 24.2 Å². The molecule has 0 bridgehead atoms. The third kappa shape index (κ3) is 3.77. The number of carbonyl (C=O) groups is 1. The topological polar surface area (TPSA) is 38.8 Å². The minimum atomic E-state index is -0.105. The molecular weight excluding hydrogens is 314 g/mol. The molecule has 1 aromatic carbocycles. The van der Waals surface area contributed by atoms with Crippen molar-refractivity contribution in [2.45, 2.75) is 24.8 Å². The lowest BCUT2D eigenvalue weighted by Gasteiger charge is -2.36. The minimum absolute atomic E-state index is 0.0640. The van der Waals surface area contributed by atoms with Crippen LogP contribution >= 0.6 is 11.6 Å². The highest BCUT2D eigenvalue weighted by atomic mass is 35.5. The predicted octanol–water partition coefficient (Wildman–Crippen LogP) is 3.32. The van der Waals surface area contributed by atoms with E-state index in [-0.39, 0.29) is 11.9 Å². The van der Waals surface area contributed by atoms with Crippen LogP contribution < -0.4 is 0 Å². The molecule has 0 aliphatic carbocycles. The average molecular weight is 336 g/mol. The van der Waals surface area contributed by atoms with Crippen LogP contribution in [0.15, 0.2) is 30.9 Å². The van der Waals surface area contributed by atoms with Crippen molar-refractivity contribution in [1.82, 2.24) is 4.90 Å². The van der Waals surface area contributed by atoms with Gasteiger partial charge in [-0.3, -0.25) is 4.79 Å². The summed E-state index contributed by atoms with van der Waals surface area (Å²) in [6, 6.07) is 6.04. The molecular formula is C18H22ClNO3. The summed E-state index contributed by atoms with van der Waals surface area (Å²) in [5.41, 5.74) is 2.27. The van der Waals surface area contributed by atoms with Gasteiger partial charge in [0.15, 0.2) is 0 Å². The molecule has 2 saturated heterocycles. The Kier molecular flexibility index (Phi) is 5.36. The molecule has 2 heterocycles. The first-order chi connectivity index (χ1) is 11.2. The van der Waals surface area contributed by atoms with Gasteiger partial charge in [-0.15, -0.1) is 0 Å². The number of ether oxygens (including phenoxy) is 2. The molecule has 0 saturated carbocycles. The maximum atomic E-state index is 12.1. The normalized spacial score (nSPS) is 22.8. The zero-order chi connectivity index (χ0) is 16.2. The van der Waals surface area contributed by atoms with E-state index in [9.17, 15) is 4.79 Å². The number of morpholine rings is 1. The van der Waals surface area contributed by atoms with E-state index in [2.05, 4.69) is 12.6 Å². The first-order valence-corrected chi connectivity index (χ1v) is 8.45. The van der Waals surface area contributed by atoms with Gasteiger partial charge in [0, 0.05) is 24.8 Å². The van der Waals surface area contributed by atoms with Crippen LogP contribution in [0.4, 0.5) is 0 Å². The van der Waals surface area contributed by atoms with Crippen LogP contribution in [0.3, 0.4) is 0 Å². The fraction of sp³-hybridized carbons (Fsp3) is 0.500. The lowest BCUT2D eigenvalue weighted by molar-refractivity contribution is -0.134. The predicted molar refractivity (Wildman–Crippen MR) is 89.7 cm³/mol. The zero-order valence-electron chi connectivity index (χ0n) is 13.2. The Balaban J connectivity index is 1.89. The van der Waals surface area contributed by atoms with Crippen LogP contribution in [0.1, 0.15) is 35.9 Å². The maximum Gasteiger partial charge on any atom is 0.246 e. The fourth-order valence-corrected chi connectivity index (χ4v) is 3.61. The average Bonchev–Trinajstić information content (AvgIpc) is 2.61. The number of carbonyl (C=O) groups excluding carboxylic acids is 1. The standard InChI is InChI=1S/C18H22ClNO3/c1-2-18(21)20-5-8-23-12-17(20)15-9-14(10-16(19)11-15)13-3-6-22-7-4-13/h2,9-11,13,17H,1,3-8,12H2. The van der Waals surface area contributed by atoms with E-state index in [1.54, 1.807) is 0 Å². The number of hydrogen-bond acceptors (Lipinski definition) is 3. The molecule has 1 atom stereocenters. The monoisotopic (exact) mass is 335 g/mol. The van der Waals surface area contributed by atoms with Gasteiger partial charge in [-0.05, 0) is 48.1 Å². The van der Waals surface area contributed by atoms with E-state index in [1.165, 1.54) is 11.6 Å². The van der Waals surface area contributed by atoms with Gasteiger partial charge in [0.2, 0.25) is 5.91 Å². The third-order valence-electron chi connectivity index (χ3n) is 4.61. The number of nitrogens with zero attached hydrogens (tertiary/aromatic N) is 1. The number of benzene rings is 1. The Morgan fingerprint density at radius 3 is 2.65 bits per heavy atom. The second-order valence-electron chi connectivity index (χ2n) is 6.03. The van der Waals surface area contributed by atoms with Crippen molar-refractivity contribution >= 4 is 17.5 Å². The largest absolute Gasteiger partial charge is 0.381 e. The Bertz CT molecular complexity index is 584. The minimum Gasteiger partial charge on any atom is -0.381 e. The van der Waals surface area contributed by atoms with E-state index in [4.69, 9.17) is 21.1 Å². The van der Waals surface area contributed by atoms with Crippen molar-refractivity contribution in [3.8, 4) is 0 Å². The number of rotatable bonds is 3. The van der Waals surface area contributed by atoms with Gasteiger partial charge < -0.3 is 14.4 Å². The Morgan fingerprint density at radius 2 is 1.91 bits per heavy atom. The summed E-state index contributed by atoms with van der Waals surface area (Å²) in [4.78, 5) is 13.9. The molecule has 2 aliphatic heterocycles. The van der Waals surface area contributed by atoms with Crippen LogP contribution in [-0.4, -0.2) is 43.8 Å². The number of amides is 1. The molecule has 124 valence electrons. The van der Waals surface area contributed by atoms with Gasteiger partial charge in [0.05, 0.1) is 19.3 Å². The van der Waals surface area contributed by atoms with Crippen LogP contribution in [-0.2, 0) is 14.3 Å². The smallest absolute Gasteiger partial charge is 0.246 e. The molecule has 23 heavy (non-hydrogen) atoms. The van der Waals surface area contributed by atoms with Crippen molar-refractivity contribution in [3.05, 3.63) is 47.0 Å². The number of halogens is 1. The van der Waals surface area contributed by atoms with Crippen LogP contribution in [0, 0.1) is 0 Å². The Hall–Kier alpha value is -1.36. The summed E-state index contributed by atoms with van der Waals surface area (Å²) in [5, 5.41) is 0.709. The van der Waals surface area contributed by atoms with Crippen LogP contribution in [0.25, 0.3) is 0 Å². The second kappa shape index (κ2) is 7.47. The summed E-state index contributed by atoms with van der Waals surface area (Å²) in [7, 11) is 0. The van der Waals surface area contributed by atoms with Gasteiger partial charge in [0.25, 0.3) is 0 Å². The molecule has 5 heteroatoms. The zero-order valence-corrected chi connectivity index (χ0v) is 13.9. The molecule has 0 aromatic heterocycles. The van der Waals surface area contributed by atoms with E-state index in [0.29, 0.717) is 30.7 Å². The van der Waals surface area contributed by atoms with E-state index in [1.807, 2.05) is 17.0 Å². The van der Waals surface area contributed by atoms with Crippen molar-refractivity contribution in [2.24, 2.45) is 0 Å². The summed E-state index contributed by atoms with van der Waals surface area (Å²) in [6.07, 6.45) is 3.38. The molecule has 0 N–H and O–H groups in total. The van der Waals surface area contributed by atoms with Gasteiger partial charge >= 0.3 is 0 Å². The summed E-state index contributed by atoms with van der Waals surface area (Å²) in [5.74, 6) is 0.403. The first kappa shape index (κ1) is 16.5. The molecule has 0 radical (unpaired) electrons. The summed E-state index contributed by atoms with van der Waals surface area (Å²) >= 11 is 6.35. The Labute approximate surface area is 142 Å². The van der Waals surface area contributed by atoms with Crippen molar-refractivity contribution in [1.29, 1.82) is 0 Å². The molecule has 1 unspecified atom stereocenters. The highest BCUT2D eigenvalue weighted by molar-refractivity contribution is 6.30. The van der Waals surface area contributed by atoms with E-state index >= 15 is 0 Å². The van der Waals surface area contributed by atoms with Gasteiger partial charge in [-0.25, -0.2) is 0 Å². The summed E-state index contributed by atoms with van der Waals surface area (Å²) in [6.45, 7) is 6.81. The third-order valence-corrected chi connectivity index (χ3v) is 4.82. The van der Waals surface area contributed by atoms with Crippen molar-refractivity contribution in [3.63, 3.8) is 0 Å². The van der Waals surface area contributed by atoms with Gasteiger partial charge in [0.1, 0.15) is 0 Å². The van der Waals surface area contributed by atoms with Gasteiger partial charge in [-0.2, -0.15) is 0 Å². The van der Waals surface area contributed by atoms with Crippen LogP contribution in [0.2, 0.25) is 5.02 Å². The van der Waals surface area contributed by atoms with Crippen molar-refractivity contribution < 1.29 is 14.3 Å². The lowest BCUT2D eigenvalue weighted by Crippen LogP contribution is -2.42. The fourth-order valence-electron chi connectivity index (χ4n) is 3.36. The van der Waals surface area contributed by atoms with E-state index < -0.39 is 0 Å². The lowest BCUT2D eigenvalue weighted by atomic mass is 9.89. The summed E-state index contributed by atoms with van der Waals surface area (Å²) < 4.78 is 11.0. The van der Waals surface area contributed by atoms with Crippen molar-refractivity contribution in [2.75, 3.05) is 33.0 Å². The highest BCUT2D eigenvalue weighted by Gasteiger charge is 2.28. The quantitative estimate of drug-likeness (QED) is 0.795. The highest BCUT2D eigenvalue weighted by Crippen LogP contribution is 2.33. The molecule has 0 spiro atoms. The number of hydrogen-bond donors (Lipinski definition) is 0. The van der Waals surface area contributed by atoms with E-state index in [0.717, 1.165) is 31.6 Å². The molecule has 2 aliphatic rings. The molecule has 1 aromatic rings.